The van der Waals surface area contributed by atoms with Crippen molar-refractivity contribution in [1.29, 1.82) is 0 Å². The molecule has 0 aliphatic heterocycles. The minimum Gasteiger partial charge on any atom is -0.304 e. The van der Waals surface area contributed by atoms with Crippen molar-refractivity contribution in [3.05, 3.63) is 37.8 Å². The van der Waals surface area contributed by atoms with E-state index < -0.39 is 0 Å². The summed E-state index contributed by atoms with van der Waals surface area (Å²) >= 11 is 14.4. The van der Waals surface area contributed by atoms with Crippen LogP contribution in [0.3, 0.4) is 0 Å². The van der Waals surface area contributed by atoms with Crippen LogP contribution < -0.4 is 5.32 Å². The SMILES string of the molecule is CCNC(c1scc(C)c1Cl)c1c(Cl)cnn1CC. The van der Waals surface area contributed by atoms with Crippen molar-refractivity contribution in [2.75, 3.05) is 6.54 Å². The van der Waals surface area contributed by atoms with Crippen LogP contribution in [-0.4, -0.2) is 16.3 Å². The van der Waals surface area contributed by atoms with Crippen molar-refractivity contribution >= 4 is 34.5 Å². The van der Waals surface area contributed by atoms with Gasteiger partial charge < -0.3 is 5.32 Å². The molecule has 2 heterocycles. The Bertz CT molecular complexity index is 562. The van der Waals surface area contributed by atoms with Crippen LogP contribution in [0.15, 0.2) is 11.6 Å². The summed E-state index contributed by atoms with van der Waals surface area (Å²) in [5.41, 5.74) is 2.08. The van der Waals surface area contributed by atoms with Gasteiger partial charge in [0.15, 0.2) is 0 Å². The van der Waals surface area contributed by atoms with E-state index in [1.165, 1.54) is 0 Å². The molecular weight excluding hydrogens is 301 g/mol. The summed E-state index contributed by atoms with van der Waals surface area (Å²) in [6.45, 7) is 7.76. The minimum atomic E-state index is -0.00819. The lowest BCUT2D eigenvalue weighted by atomic mass is 10.1. The molecule has 0 saturated heterocycles. The van der Waals surface area contributed by atoms with Crippen molar-refractivity contribution in [1.82, 2.24) is 15.1 Å². The van der Waals surface area contributed by atoms with Crippen LogP contribution in [0.25, 0.3) is 0 Å². The fourth-order valence-electron chi connectivity index (χ4n) is 2.07. The van der Waals surface area contributed by atoms with E-state index in [9.17, 15) is 0 Å². The Labute approximate surface area is 127 Å². The molecule has 0 fully saturated rings. The molecule has 3 nitrogen and oxygen atoms in total. The van der Waals surface area contributed by atoms with Gasteiger partial charge in [-0.2, -0.15) is 5.10 Å². The molecule has 0 aliphatic rings. The number of rotatable bonds is 5. The first kappa shape index (κ1) is 14.9. The Morgan fingerprint density at radius 2 is 2.16 bits per heavy atom. The van der Waals surface area contributed by atoms with Gasteiger partial charge in [0.05, 0.1) is 28.0 Å². The average molecular weight is 318 g/mol. The standard InChI is InChI=1S/C13H17Cl2N3S/c1-4-16-11(13-10(15)8(3)7-19-13)12-9(14)6-17-18(12)5-2/h6-7,11,16H,4-5H2,1-3H3. The summed E-state index contributed by atoms with van der Waals surface area (Å²) in [5, 5.41) is 11.3. The summed E-state index contributed by atoms with van der Waals surface area (Å²) in [5.74, 6) is 0. The highest BCUT2D eigenvalue weighted by molar-refractivity contribution is 7.10. The predicted octanol–water partition coefficient (Wildman–Crippen LogP) is 4.28. The van der Waals surface area contributed by atoms with Crippen LogP contribution in [-0.2, 0) is 6.54 Å². The fraction of sp³-hybridized carbons (Fsp3) is 0.462. The smallest absolute Gasteiger partial charge is 0.0872 e. The molecule has 6 heteroatoms. The second kappa shape index (κ2) is 6.27. The van der Waals surface area contributed by atoms with Gasteiger partial charge in [-0.15, -0.1) is 11.3 Å². The topological polar surface area (TPSA) is 29.9 Å². The van der Waals surface area contributed by atoms with E-state index in [1.807, 2.05) is 11.6 Å². The molecule has 1 N–H and O–H groups in total. The zero-order valence-corrected chi connectivity index (χ0v) is 13.5. The molecule has 2 aromatic heterocycles. The maximum absolute atomic E-state index is 6.40. The van der Waals surface area contributed by atoms with Crippen LogP contribution in [0.4, 0.5) is 0 Å². The van der Waals surface area contributed by atoms with Gasteiger partial charge in [-0.05, 0) is 31.3 Å². The molecule has 0 aliphatic carbocycles. The normalized spacial score (nSPS) is 12.9. The van der Waals surface area contributed by atoms with Crippen molar-refractivity contribution in [3.63, 3.8) is 0 Å². The molecule has 2 rings (SSSR count). The van der Waals surface area contributed by atoms with Crippen LogP contribution in [0.1, 0.15) is 36.0 Å². The van der Waals surface area contributed by atoms with Crippen LogP contribution in [0, 0.1) is 6.92 Å². The minimum absolute atomic E-state index is 0.00819. The Hall–Kier alpha value is -0.550. The lowest BCUT2D eigenvalue weighted by Gasteiger charge is -2.19. The molecule has 19 heavy (non-hydrogen) atoms. The lowest BCUT2D eigenvalue weighted by Crippen LogP contribution is -2.24. The third kappa shape index (κ3) is 2.82. The van der Waals surface area contributed by atoms with E-state index in [1.54, 1.807) is 17.5 Å². The molecule has 0 amide bonds. The molecule has 104 valence electrons. The zero-order chi connectivity index (χ0) is 14.0. The number of thiophene rings is 1. The van der Waals surface area contributed by atoms with E-state index in [-0.39, 0.29) is 6.04 Å². The number of aryl methyl sites for hydroxylation is 2. The molecule has 0 saturated carbocycles. The summed E-state index contributed by atoms with van der Waals surface area (Å²) in [6.07, 6.45) is 1.69. The van der Waals surface area contributed by atoms with Crippen molar-refractivity contribution < 1.29 is 0 Å². The van der Waals surface area contributed by atoms with E-state index in [2.05, 4.69) is 29.6 Å². The molecule has 0 radical (unpaired) electrons. The number of halogens is 2. The number of aromatic nitrogens is 2. The van der Waals surface area contributed by atoms with Crippen molar-refractivity contribution in [2.45, 2.75) is 33.4 Å². The Morgan fingerprint density at radius 1 is 1.42 bits per heavy atom. The first-order valence-electron chi connectivity index (χ1n) is 6.28. The van der Waals surface area contributed by atoms with Gasteiger partial charge in [-0.25, -0.2) is 0 Å². The van der Waals surface area contributed by atoms with E-state index in [0.29, 0.717) is 5.02 Å². The maximum atomic E-state index is 6.40. The maximum Gasteiger partial charge on any atom is 0.0872 e. The van der Waals surface area contributed by atoms with Crippen LogP contribution in [0.2, 0.25) is 10.0 Å². The Balaban J connectivity index is 2.51. The monoisotopic (exact) mass is 317 g/mol. The number of hydrogen-bond donors (Lipinski definition) is 1. The summed E-state index contributed by atoms with van der Waals surface area (Å²) in [7, 11) is 0. The van der Waals surface area contributed by atoms with Gasteiger partial charge in [0.2, 0.25) is 0 Å². The van der Waals surface area contributed by atoms with Crippen molar-refractivity contribution in [3.8, 4) is 0 Å². The molecule has 0 spiro atoms. The number of nitrogens with one attached hydrogen (secondary N) is 1. The molecule has 1 atom stereocenters. The fourth-order valence-corrected chi connectivity index (χ4v) is 3.70. The van der Waals surface area contributed by atoms with Gasteiger partial charge in [0.1, 0.15) is 0 Å². The highest BCUT2D eigenvalue weighted by atomic mass is 35.5. The van der Waals surface area contributed by atoms with E-state index in [0.717, 1.165) is 34.2 Å². The van der Waals surface area contributed by atoms with E-state index in [4.69, 9.17) is 23.2 Å². The number of hydrogen-bond acceptors (Lipinski definition) is 3. The van der Waals surface area contributed by atoms with Crippen molar-refractivity contribution in [2.24, 2.45) is 0 Å². The lowest BCUT2D eigenvalue weighted by molar-refractivity contribution is 0.547. The van der Waals surface area contributed by atoms with E-state index >= 15 is 0 Å². The van der Waals surface area contributed by atoms with Crippen LogP contribution >= 0.6 is 34.5 Å². The Kier molecular flexibility index (Phi) is 4.90. The van der Waals surface area contributed by atoms with Crippen LogP contribution in [0.5, 0.6) is 0 Å². The largest absolute Gasteiger partial charge is 0.304 e. The first-order valence-corrected chi connectivity index (χ1v) is 7.91. The second-order valence-electron chi connectivity index (χ2n) is 4.28. The van der Waals surface area contributed by atoms with Gasteiger partial charge >= 0.3 is 0 Å². The summed E-state index contributed by atoms with van der Waals surface area (Å²) in [6, 6.07) is -0.00819. The highest BCUT2D eigenvalue weighted by Gasteiger charge is 2.25. The predicted molar refractivity (Wildman–Crippen MR) is 82.5 cm³/mol. The van der Waals surface area contributed by atoms with Gasteiger partial charge in [0.25, 0.3) is 0 Å². The van der Waals surface area contributed by atoms with Gasteiger partial charge in [-0.3, -0.25) is 4.68 Å². The summed E-state index contributed by atoms with van der Waals surface area (Å²) < 4.78 is 1.92. The third-order valence-electron chi connectivity index (χ3n) is 3.00. The highest BCUT2D eigenvalue weighted by Crippen LogP contribution is 2.37. The summed E-state index contributed by atoms with van der Waals surface area (Å²) in [4.78, 5) is 1.10. The molecule has 0 bridgehead atoms. The van der Waals surface area contributed by atoms with Gasteiger partial charge in [-0.1, -0.05) is 30.1 Å². The Morgan fingerprint density at radius 3 is 2.68 bits per heavy atom. The second-order valence-corrected chi connectivity index (χ2v) is 5.98. The molecule has 2 aromatic rings. The zero-order valence-electron chi connectivity index (χ0n) is 11.2. The molecule has 1 unspecified atom stereocenters. The molecule has 0 aromatic carbocycles. The average Bonchev–Trinajstić information content (AvgIpc) is 2.92. The molecular formula is C13H17Cl2N3S. The quantitative estimate of drug-likeness (QED) is 0.892. The van der Waals surface area contributed by atoms with Gasteiger partial charge in [0, 0.05) is 11.4 Å². The third-order valence-corrected chi connectivity index (χ3v) is 5.07. The first-order chi connectivity index (χ1) is 9.10. The number of nitrogens with zero attached hydrogens (tertiary/aromatic N) is 2.